The second-order valence-corrected chi connectivity index (χ2v) is 6.27. The molecule has 124 valence electrons. The highest BCUT2D eigenvalue weighted by Gasteiger charge is 2.25. The summed E-state index contributed by atoms with van der Waals surface area (Å²) in [4.78, 5) is 0. The van der Waals surface area contributed by atoms with E-state index < -0.39 is 7.25 Å². The van der Waals surface area contributed by atoms with Gasteiger partial charge in [-0.05, 0) is 36.4 Å². The predicted octanol–water partition coefficient (Wildman–Crippen LogP) is 5.58. The summed E-state index contributed by atoms with van der Waals surface area (Å²) < 4.78 is 41.3. The summed E-state index contributed by atoms with van der Waals surface area (Å²) in [6.07, 6.45) is 11.8. The number of allylic oxidation sites excluding steroid dienone is 1. The molecule has 0 aromatic rings. The zero-order valence-corrected chi connectivity index (χ0v) is 13.9. The predicted molar refractivity (Wildman–Crippen MR) is 85.5 cm³/mol. The highest BCUT2D eigenvalue weighted by molar-refractivity contribution is 8.16. The lowest BCUT2D eigenvalue weighted by molar-refractivity contribution is -0.463. The molecule has 0 bridgehead atoms. The summed E-state index contributed by atoms with van der Waals surface area (Å²) >= 11 is 1.94. The molecule has 1 aliphatic rings. The van der Waals surface area contributed by atoms with Crippen molar-refractivity contribution < 1.29 is 21.8 Å². The van der Waals surface area contributed by atoms with Crippen molar-refractivity contribution in [1.29, 1.82) is 0 Å². The fourth-order valence-corrected chi connectivity index (χ4v) is 3.26. The number of nitrogens with zero attached hydrogens (tertiary/aromatic N) is 1. The third kappa shape index (κ3) is 13.0. The molecule has 0 unspecified atom stereocenters. The molecule has 0 aliphatic heterocycles. The van der Waals surface area contributed by atoms with E-state index in [2.05, 4.69) is 37.1 Å². The molecular weight excluding hydrogens is 301 g/mol. The van der Waals surface area contributed by atoms with Gasteiger partial charge in [-0.2, -0.15) is 0 Å². The van der Waals surface area contributed by atoms with Crippen LogP contribution in [0.15, 0.2) is 11.5 Å². The third-order valence-corrected chi connectivity index (χ3v) is 4.42. The Balaban J connectivity index is 0.000000690. The Bertz CT molecular complexity index is 326. The Morgan fingerprint density at radius 3 is 2.14 bits per heavy atom. The van der Waals surface area contributed by atoms with Gasteiger partial charge in [-0.15, -0.1) is 0 Å². The maximum absolute atomic E-state index is 9.75. The maximum Gasteiger partial charge on any atom is 0.673 e. The van der Waals surface area contributed by atoms with Gasteiger partial charge in [-0.25, -0.2) is 4.58 Å². The molecule has 0 N–H and O–H groups in total. The molecule has 0 radical (unpaired) electrons. The average molecular weight is 327 g/mol. The minimum absolute atomic E-state index is 0.829. The van der Waals surface area contributed by atoms with Crippen molar-refractivity contribution in [3.8, 4) is 0 Å². The minimum atomic E-state index is -6.00. The van der Waals surface area contributed by atoms with Crippen LogP contribution in [-0.2, 0) is 0 Å². The summed E-state index contributed by atoms with van der Waals surface area (Å²) in [6, 6.07) is 0. The normalized spacial score (nSPS) is 16.0. The molecule has 0 saturated heterocycles. The smallest absolute Gasteiger partial charge is 0.418 e. The van der Waals surface area contributed by atoms with Crippen molar-refractivity contribution in [3.63, 3.8) is 0 Å². The van der Waals surface area contributed by atoms with Crippen molar-refractivity contribution in [2.75, 3.05) is 14.1 Å². The van der Waals surface area contributed by atoms with Gasteiger partial charge in [0.1, 0.15) is 14.1 Å². The molecule has 21 heavy (non-hydrogen) atoms. The van der Waals surface area contributed by atoms with Crippen molar-refractivity contribution in [1.82, 2.24) is 0 Å². The van der Waals surface area contributed by atoms with Gasteiger partial charge in [0.25, 0.3) is 0 Å². The van der Waals surface area contributed by atoms with E-state index >= 15 is 0 Å². The molecule has 0 spiro atoms. The number of rotatable bonds is 5. The molecule has 1 rings (SSSR count). The lowest BCUT2D eigenvalue weighted by Crippen LogP contribution is -2.17. The summed E-state index contributed by atoms with van der Waals surface area (Å²) in [5.41, 5.74) is 0. The first-order valence-electron chi connectivity index (χ1n) is 7.48. The van der Waals surface area contributed by atoms with Crippen molar-refractivity contribution >= 4 is 24.1 Å². The van der Waals surface area contributed by atoms with Gasteiger partial charge >= 0.3 is 7.25 Å². The molecule has 0 heterocycles. The lowest BCUT2D eigenvalue weighted by Gasteiger charge is -2.07. The fraction of sp³-hybridized carbons (Fsp3) is 0.786. The van der Waals surface area contributed by atoms with Crippen molar-refractivity contribution in [2.45, 2.75) is 51.9 Å². The van der Waals surface area contributed by atoms with E-state index in [-0.39, 0.29) is 0 Å². The van der Waals surface area contributed by atoms with Crippen LogP contribution in [0.1, 0.15) is 51.9 Å². The molecule has 1 aliphatic carbocycles. The Labute approximate surface area is 130 Å². The third-order valence-electron chi connectivity index (χ3n) is 3.15. The Morgan fingerprint density at radius 2 is 1.71 bits per heavy atom. The summed E-state index contributed by atoms with van der Waals surface area (Å²) in [5, 5.41) is 3.86. The van der Waals surface area contributed by atoms with Gasteiger partial charge < -0.3 is 17.3 Å². The molecule has 0 atom stereocenters. The van der Waals surface area contributed by atoms with Gasteiger partial charge in [0.05, 0.1) is 5.92 Å². The zero-order valence-electron chi connectivity index (χ0n) is 13.1. The average Bonchev–Trinajstić information content (AvgIpc) is 2.84. The van der Waals surface area contributed by atoms with Crippen LogP contribution < -0.4 is 0 Å². The van der Waals surface area contributed by atoms with Gasteiger partial charge in [-0.1, -0.05) is 38.7 Å². The van der Waals surface area contributed by atoms with E-state index in [1.54, 1.807) is 5.04 Å². The van der Waals surface area contributed by atoms with E-state index in [4.69, 9.17) is 0 Å². The summed E-state index contributed by atoms with van der Waals surface area (Å²) in [5.74, 6) is 0.829. The van der Waals surface area contributed by atoms with Crippen LogP contribution in [0.4, 0.5) is 17.3 Å². The topological polar surface area (TPSA) is 3.01 Å². The van der Waals surface area contributed by atoms with E-state index in [1.807, 2.05) is 11.8 Å². The van der Waals surface area contributed by atoms with Gasteiger partial charge in [0.15, 0.2) is 0 Å². The van der Waals surface area contributed by atoms with Gasteiger partial charge in [0.2, 0.25) is 5.04 Å². The quantitative estimate of drug-likeness (QED) is 0.159. The van der Waals surface area contributed by atoms with Crippen LogP contribution in [0.3, 0.4) is 0 Å². The molecule has 1 nitrogen and oxygen atoms in total. The largest absolute Gasteiger partial charge is 0.673 e. The van der Waals surface area contributed by atoms with E-state index in [1.165, 1.54) is 44.9 Å². The van der Waals surface area contributed by atoms with E-state index in [0.29, 0.717) is 0 Å². The van der Waals surface area contributed by atoms with Crippen molar-refractivity contribution in [2.24, 2.45) is 5.92 Å². The molecule has 7 heteroatoms. The molecule has 0 amide bonds. The molecule has 1 fully saturated rings. The number of hydrogen-bond donors (Lipinski definition) is 0. The highest BCUT2D eigenvalue weighted by Crippen LogP contribution is 2.30. The van der Waals surface area contributed by atoms with Crippen LogP contribution in [0.2, 0.25) is 0 Å². The zero-order chi connectivity index (χ0) is 16.3. The number of thioether (sulfide) groups is 1. The van der Waals surface area contributed by atoms with Crippen molar-refractivity contribution in [3.05, 3.63) is 11.5 Å². The Kier molecular flexibility index (Phi) is 10.9. The van der Waals surface area contributed by atoms with E-state index in [0.717, 1.165) is 5.92 Å². The molecule has 0 aromatic heterocycles. The van der Waals surface area contributed by atoms with Crippen LogP contribution in [-0.4, -0.2) is 31.0 Å². The standard InChI is InChI=1S/C14H26NS.BF4/c1-4-5-6-9-12-16-14(15(2)3)13-10-7-8-11-13;2-1(3,4)5/h9,12-13H,4-8,10-11H2,1-3H3;/q+1;-1/b12-9-;. The SMILES string of the molecule is CCCC/C=C\SC(C1CCCC1)=[N+](C)C.F[B-](F)(F)F. The first kappa shape index (κ1) is 20.5. The van der Waals surface area contributed by atoms with Crippen LogP contribution in [0, 0.1) is 5.92 Å². The second kappa shape index (κ2) is 11.2. The second-order valence-electron chi connectivity index (χ2n) is 5.34. The van der Waals surface area contributed by atoms with Gasteiger partial charge in [0, 0.05) is 0 Å². The molecule has 0 aromatic carbocycles. The number of unbranched alkanes of at least 4 members (excludes halogenated alkanes) is 2. The molecule has 1 saturated carbocycles. The number of halogens is 4. The summed E-state index contributed by atoms with van der Waals surface area (Å²) in [7, 11) is -1.64. The Morgan fingerprint density at radius 1 is 1.19 bits per heavy atom. The van der Waals surface area contributed by atoms with Crippen LogP contribution in [0.5, 0.6) is 0 Å². The van der Waals surface area contributed by atoms with E-state index in [9.17, 15) is 17.3 Å². The minimum Gasteiger partial charge on any atom is -0.418 e. The van der Waals surface area contributed by atoms with Crippen LogP contribution in [0.25, 0.3) is 0 Å². The first-order valence-corrected chi connectivity index (χ1v) is 8.36. The fourth-order valence-electron chi connectivity index (χ4n) is 2.25. The van der Waals surface area contributed by atoms with Gasteiger partial charge in [-0.3, -0.25) is 0 Å². The van der Waals surface area contributed by atoms with Crippen LogP contribution >= 0.6 is 11.8 Å². The Hall–Kier alpha value is -0.455. The molecular formula is C14H26BF4NS. The highest BCUT2D eigenvalue weighted by atomic mass is 32.2. The monoisotopic (exact) mass is 327 g/mol. The lowest BCUT2D eigenvalue weighted by atomic mass is 10.1. The summed E-state index contributed by atoms with van der Waals surface area (Å²) in [6.45, 7) is 2.25. The first-order chi connectivity index (χ1) is 9.75. The number of hydrogen-bond acceptors (Lipinski definition) is 1. The maximum atomic E-state index is 9.75.